The van der Waals surface area contributed by atoms with E-state index in [0.717, 1.165) is 32.6 Å². The van der Waals surface area contributed by atoms with Gasteiger partial charge in [0, 0.05) is 32.2 Å². The monoisotopic (exact) mass is 363 g/mol. The molecule has 0 bridgehead atoms. The fourth-order valence-electron chi connectivity index (χ4n) is 2.87. The molecular weight excluding hydrogens is 322 g/mol. The van der Waals surface area contributed by atoms with Crippen LogP contribution in [0.5, 0.6) is 0 Å². The summed E-state index contributed by atoms with van der Waals surface area (Å²) in [6, 6.07) is 9.06. The van der Waals surface area contributed by atoms with Gasteiger partial charge in [0.2, 0.25) is 5.91 Å². The van der Waals surface area contributed by atoms with Gasteiger partial charge in [0.1, 0.15) is 0 Å². The first kappa shape index (κ1) is 24.6. The van der Waals surface area contributed by atoms with Crippen molar-refractivity contribution >= 4 is 5.91 Å². The molecule has 0 radical (unpaired) electrons. The van der Waals surface area contributed by atoms with Crippen LogP contribution in [-0.2, 0) is 11.2 Å². The molecule has 4 heteroatoms. The maximum absolute atomic E-state index is 12.0. The number of likely N-dealkylation sites (N-methyl/N-ethyl adjacent to an activating group) is 2. The van der Waals surface area contributed by atoms with Crippen LogP contribution in [0.25, 0.3) is 0 Å². The largest absolute Gasteiger partial charge is 0.339 e. The third-order valence-electron chi connectivity index (χ3n) is 4.76. The van der Waals surface area contributed by atoms with Crippen LogP contribution in [0, 0.1) is 6.92 Å². The van der Waals surface area contributed by atoms with E-state index in [1.807, 2.05) is 39.6 Å². The second-order valence-electron chi connectivity index (χ2n) is 6.58. The van der Waals surface area contributed by atoms with Crippen LogP contribution in [0.3, 0.4) is 0 Å². The van der Waals surface area contributed by atoms with Crippen molar-refractivity contribution in [2.45, 2.75) is 54.0 Å². The summed E-state index contributed by atoms with van der Waals surface area (Å²) in [4.78, 5) is 18.4. The van der Waals surface area contributed by atoms with Gasteiger partial charge in [-0.1, -0.05) is 52.0 Å². The fourth-order valence-corrected chi connectivity index (χ4v) is 2.87. The van der Waals surface area contributed by atoms with E-state index >= 15 is 0 Å². The lowest BCUT2D eigenvalue weighted by Crippen LogP contribution is -2.51. The molecule has 26 heavy (non-hydrogen) atoms. The molecule has 0 saturated carbocycles. The maximum atomic E-state index is 12.0. The second-order valence-corrected chi connectivity index (χ2v) is 6.58. The predicted octanol–water partition coefficient (Wildman–Crippen LogP) is 3.68. The van der Waals surface area contributed by atoms with Crippen LogP contribution in [0.15, 0.2) is 24.3 Å². The summed E-state index contributed by atoms with van der Waals surface area (Å²) in [7, 11) is 4.16. The standard InChI is InChI=1S/C18H29N3O.2C2H6/c1-15-7-5-6-8-17(15)13-16(2)20(4)10-12-21-11-9-19(3)14-18(21)22;2*1-2/h5-8,16H,9-14H2,1-4H3;2*1-2H3. The van der Waals surface area contributed by atoms with E-state index in [2.05, 4.69) is 55.0 Å². The molecule has 1 heterocycles. The molecule has 0 N–H and O–H groups in total. The van der Waals surface area contributed by atoms with Gasteiger partial charge in [0.25, 0.3) is 0 Å². The minimum absolute atomic E-state index is 0.258. The number of hydrogen-bond acceptors (Lipinski definition) is 3. The lowest BCUT2D eigenvalue weighted by molar-refractivity contribution is -0.135. The Bertz CT molecular complexity index is 504. The number of hydrogen-bond donors (Lipinski definition) is 0. The Hall–Kier alpha value is -1.39. The molecule has 1 saturated heterocycles. The van der Waals surface area contributed by atoms with Gasteiger partial charge in [-0.2, -0.15) is 0 Å². The van der Waals surface area contributed by atoms with Crippen molar-refractivity contribution in [3.8, 4) is 0 Å². The molecule has 0 spiro atoms. The van der Waals surface area contributed by atoms with E-state index in [9.17, 15) is 4.79 Å². The first-order valence-corrected chi connectivity index (χ1v) is 10.2. The molecule has 1 fully saturated rings. The molecule has 1 atom stereocenters. The summed E-state index contributed by atoms with van der Waals surface area (Å²) in [5.41, 5.74) is 2.77. The smallest absolute Gasteiger partial charge is 0.236 e. The van der Waals surface area contributed by atoms with Gasteiger partial charge in [0.05, 0.1) is 6.54 Å². The molecule has 1 aromatic carbocycles. The Kier molecular flexibility index (Phi) is 13.0. The van der Waals surface area contributed by atoms with E-state index in [1.54, 1.807) is 0 Å². The third kappa shape index (κ3) is 8.33. The minimum Gasteiger partial charge on any atom is -0.339 e. The second kappa shape index (κ2) is 13.8. The molecule has 1 unspecified atom stereocenters. The zero-order valence-electron chi connectivity index (χ0n) is 18.4. The van der Waals surface area contributed by atoms with Crippen molar-refractivity contribution in [3.05, 3.63) is 35.4 Å². The summed E-state index contributed by atoms with van der Waals surface area (Å²) in [5.74, 6) is 0.258. The Morgan fingerprint density at radius 2 is 1.73 bits per heavy atom. The molecule has 1 aliphatic rings. The molecule has 2 rings (SSSR count). The zero-order chi connectivity index (χ0) is 20.1. The highest BCUT2D eigenvalue weighted by molar-refractivity contribution is 5.78. The van der Waals surface area contributed by atoms with Gasteiger partial charge in [-0.15, -0.1) is 0 Å². The number of rotatable bonds is 6. The normalized spacial score (nSPS) is 15.7. The molecule has 150 valence electrons. The summed E-state index contributed by atoms with van der Waals surface area (Å²) in [6.07, 6.45) is 1.06. The van der Waals surface area contributed by atoms with E-state index < -0.39 is 0 Å². The first-order valence-electron chi connectivity index (χ1n) is 10.2. The van der Waals surface area contributed by atoms with Gasteiger partial charge in [-0.3, -0.25) is 9.69 Å². The highest BCUT2D eigenvalue weighted by atomic mass is 16.2. The van der Waals surface area contributed by atoms with E-state index in [1.165, 1.54) is 11.1 Å². The van der Waals surface area contributed by atoms with Crippen molar-refractivity contribution in [2.24, 2.45) is 0 Å². The zero-order valence-corrected chi connectivity index (χ0v) is 18.4. The highest BCUT2D eigenvalue weighted by Gasteiger charge is 2.22. The number of aryl methyl sites for hydroxylation is 1. The predicted molar refractivity (Wildman–Crippen MR) is 114 cm³/mol. The average Bonchev–Trinajstić information content (AvgIpc) is 2.66. The van der Waals surface area contributed by atoms with Crippen LogP contribution in [0.2, 0.25) is 0 Å². The molecule has 1 amide bonds. The van der Waals surface area contributed by atoms with Gasteiger partial charge >= 0.3 is 0 Å². The Balaban J connectivity index is 0.00000146. The van der Waals surface area contributed by atoms with Crippen molar-refractivity contribution in [1.29, 1.82) is 0 Å². The lowest BCUT2D eigenvalue weighted by atomic mass is 10.0. The number of nitrogens with zero attached hydrogens (tertiary/aromatic N) is 3. The van der Waals surface area contributed by atoms with Crippen molar-refractivity contribution in [1.82, 2.24) is 14.7 Å². The van der Waals surface area contributed by atoms with Gasteiger partial charge in [0.15, 0.2) is 0 Å². The Morgan fingerprint density at radius 1 is 1.12 bits per heavy atom. The Labute approximate surface area is 162 Å². The van der Waals surface area contributed by atoms with Crippen LogP contribution in [0.4, 0.5) is 0 Å². The van der Waals surface area contributed by atoms with Crippen LogP contribution >= 0.6 is 0 Å². The first-order chi connectivity index (χ1) is 12.5. The van der Waals surface area contributed by atoms with Crippen molar-refractivity contribution in [2.75, 3.05) is 46.8 Å². The van der Waals surface area contributed by atoms with Crippen LogP contribution in [-0.4, -0.2) is 73.5 Å². The molecule has 4 nitrogen and oxygen atoms in total. The number of carbonyl (C=O) groups excluding carboxylic acids is 1. The topological polar surface area (TPSA) is 26.8 Å². The maximum Gasteiger partial charge on any atom is 0.236 e. The van der Waals surface area contributed by atoms with E-state index in [0.29, 0.717) is 12.6 Å². The molecule has 1 aliphatic heterocycles. The average molecular weight is 364 g/mol. The van der Waals surface area contributed by atoms with Gasteiger partial charge in [-0.25, -0.2) is 0 Å². The summed E-state index contributed by atoms with van der Waals surface area (Å²) < 4.78 is 0. The van der Waals surface area contributed by atoms with Gasteiger partial charge < -0.3 is 9.80 Å². The molecule has 0 aromatic heterocycles. The highest BCUT2D eigenvalue weighted by Crippen LogP contribution is 2.12. The quantitative estimate of drug-likeness (QED) is 0.771. The van der Waals surface area contributed by atoms with Crippen molar-refractivity contribution in [3.63, 3.8) is 0 Å². The molecule has 0 aliphatic carbocycles. The van der Waals surface area contributed by atoms with Crippen molar-refractivity contribution < 1.29 is 4.79 Å². The Morgan fingerprint density at radius 3 is 2.31 bits per heavy atom. The number of amides is 1. The number of carbonyl (C=O) groups is 1. The van der Waals surface area contributed by atoms with E-state index in [4.69, 9.17) is 0 Å². The molecule has 1 aromatic rings. The summed E-state index contributed by atoms with van der Waals surface area (Å²) in [6.45, 7) is 16.6. The lowest BCUT2D eigenvalue weighted by Gasteiger charge is -2.34. The SMILES string of the molecule is CC.CC.Cc1ccccc1CC(C)N(C)CCN1CCN(C)CC1=O. The number of piperazine rings is 1. The fraction of sp³-hybridized carbons (Fsp3) is 0.682. The number of benzene rings is 1. The summed E-state index contributed by atoms with van der Waals surface area (Å²) >= 11 is 0. The third-order valence-corrected chi connectivity index (χ3v) is 4.76. The van der Waals surface area contributed by atoms with E-state index in [-0.39, 0.29) is 5.91 Å². The van der Waals surface area contributed by atoms with Crippen LogP contribution in [0.1, 0.15) is 45.7 Å². The van der Waals surface area contributed by atoms with Crippen LogP contribution < -0.4 is 0 Å². The van der Waals surface area contributed by atoms with Gasteiger partial charge in [-0.05, 0) is 45.5 Å². The molecular formula is C22H41N3O. The summed E-state index contributed by atoms with van der Waals surface area (Å²) in [5, 5.41) is 0. The minimum atomic E-state index is 0.258.